The smallest absolute Gasteiger partial charge is 0.223 e. The molecule has 1 fully saturated rings. The summed E-state index contributed by atoms with van der Waals surface area (Å²) in [5.74, 6) is -0.983. The number of rotatable bonds is 5. The molecule has 0 unspecified atom stereocenters. The number of likely N-dealkylation sites (tertiary alicyclic amines) is 1. The van der Waals surface area contributed by atoms with Crippen molar-refractivity contribution in [3.63, 3.8) is 0 Å². The summed E-state index contributed by atoms with van der Waals surface area (Å²) in [4.78, 5) is 32.5. The first-order valence-corrected chi connectivity index (χ1v) is 11.8. The molecule has 1 aliphatic heterocycles. The second kappa shape index (κ2) is 9.62. The standard InChI is InChI=1S/C28H26N2O5/c31-21-15-22(32)27-23(33)16-24(18-8-3-1-4-9-18)35-28(27)26(21)20(19-10-7-11-29-17-19)14-25(34)30-12-5-2-6-13-30/h1,3-4,7-11,15-17,20,31-32H,2,5-6,12-14H2/t20-/m1/s1. The van der Waals surface area contributed by atoms with Crippen LogP contribution in [-0.2, 0) is 4.79 Å². The number of hydrogen-bond donors (Lipinski definition) is 2. The van der Waals surface area contributed by atoms with E-state index in [1.807, 2.05) is 41.3 Å². The van der Waals surface area contributed by atoms with Crippen LogP contribution in [-0.4, -0.2) is 39.1 Å². The number of pyridine rings is 1. The van der Waals surface area contributed by atoms with E-state index in [1.54, 1.807) is 18.5 Å². The molecule has 7 heteroatoms. The van der Waals surface area contributed by atoms with Crippen molar-refractivity contribution in [1.82, 2.24) is 9.88 Å². The summed E-state index contributed by atoms with van der Waals surface area (Å²) in [7, 11) is 0. The van der Waals surface area contributed by atoms with Gasteiger partial charge >= 0.3 is 0 Å². The number of amides is 1. The van der Waals surface area contributed by atoms with Crippen molar-refractivity contribution in [2.45, 2.75) is 31.6 Å². The number of phenols is 2. The molecule has 178 valence electrons. The molecule has 0 aliphatic carbocycles. The van der Waals surface area contributed by atoms with Crippen LogP contribution >= 0.6 is 0 Å². The normalized spacial score (nSPS) is 14.7. The number of piperidine rings is 1. The van der Waals surface area contributed by atoms with E-state index in [0.29, 0.717) is 30.0 Å². The zero-order chi connectivity index (χ0) is 24.4. The molecule has 1 aliphatic rings. The largest absolute Gasteiger partial charge is 0.507 e. The van der Waals surface area contributed by atoms with Gasteiger partial charge < -0.3 is 19.5 Å². The van der Waals surface area contributed by atoms with E-state index in [1.165, 1.54) is 6.07 Å². The first-order valence-electron chi connectivity index (χ1n) is 11.8. The lowest BCUT2D eigenvalue weighted by atomic mass is 9.86. The molecule has 35 heavy (non-hydrogen) atoms. The number of hydrogen-bond acceptors (Lipinski definition) is 6. The third-order valence-electron chi connectivity index (χ3n) is 6.58. The van der Waals surface area contributed by atoms with Gasteiger partial charge in [0.05, 0.1) is 0 Å². The van der Waals surface area contributed by atoms with Crippen molar-refractivity contribution in [2.24, 2.45) is 0 Å². The molecule has 4 aromatic rings. The fourth-order valence-electron chi connectivity index (χ4n) is 4.82. The fourth-order valence-corrected chi connectivity index (χ4v) is 4.82. The minimum Gasteiger partial charge on any atom is -0.507 e. The Hall–Kier alpha value is -4.13. The highest BCUT2D eigenvalue weighted by molar-refractivity contribution is 5.91. The highest BCUT2D eigenvalue weighted by Crippen LogP contribution is 2.43. The monoisotopic (exact) mass is 470 g/mol. The zero-order valence-electron chi connectivity index (χ0n) is 19.2. The number of carbonyl (C=O) groups is 1. The van der Waals surface area contributed by atoms with Crippen LogP contribution in [0.25, 0.3) is 22.3 Å². The van der Waals surface area contributed by atoms with Crippen LogP contribution in [0.2, 0.25) is 0 Å². The Balaban J connectivity index is 1.71. The molecular weight excluding hydrogens is 444 g/mol. The van der Waals surface area contributed by atoms with E-state index in [2.05, 4.69) is 4.98 Å². The number of fused-ring (bicyclic) bond motifs is 1. The number of carbonyl (C=O) groups excluding carboxylic acids is 1. The molecular formula is C28H26N2O5. The minimum atomic E-state index is -0.629. The minimum absolute atomic E-state index is 0.0307. The molecule has 2 aromatic carbocycles. The summed E-state index contributed by atoms with van der Waals surface area (Å²) in [5, 5.41) is 21.5. The van der Waals surface area contributed by atoms with Crippen molar-refractivity contribution in [2.75, 3.05) is 13.1 Å². The summed E-state index contributed by atoms with van der Waals surface area (Å²) in [6, 6.07) is 15.2. The summed E-state index contributed by atoms with van der Waals surface area (Å²) >= 11 is 0. The van der Waals surface area contributed by atoms with Crippen LogP contribution < -0.4 is 5.43 Å². The number of phenolic OH excluding ortho intramolecular Hbond substituents is 2. The van der Waals surface area contributed by atoms with Crippen LogP contribution in [0.5, 0.6) is 11.5 Å². The lowest BCUT2D eigenvalue weighted by Gasteiger charge is -2.29. The maximum atomic E-state index is 13.3. The van der Waals surface area contributed by atoms with Gasteiger partial charge in [0.25, 0.3) is 0 Å². The van der Waals surface area contributed by atoms with E-state index >= 15 is 0 Å². The molecule has 0 bridgehead atoms. The SMILES string of the molecule is O=C(C[C@H](c1cccnc1)c1c(O)cc(O)c2c(=O)cc(-c3ccccc3)oc12)N1CCCCC1. The topological polar surface area (TPSA) is 104 Å². The Kier molecular flexibility index (Phi) is 6.23. The molecule has 7 nitrogen and oxygen atoms in total. The average molecular weight is 471 g/mol. The van der Waals surface area contributed by atoms with Gasteiger partial charge in [0.2, 0.25) is 5.91 Å². The summed E-state index contributed by atoms with van der Waals surface area (Å²) in [6.07, 6.45) is 6.38. The quantitative estimate of drug-likeness (QED) is 0.434. The summed E-state index contributed by atoms with van der Waals surface area (Å²) in [6.45, 7) is 1.41. The number of nitrogens with zero attached hydrogens (tertiary/aromatic N) is 2. The van der Waals surface area contributed by atoms with Crippen LogP contribution in [0.4, 0.5) is 0 Å². The summed E-state index contributed by atoms with van der Waals surface area (Å²) in [5.41, 5.74) is 1.30. The third kappa shape index (κ3) is 4.49. The van der Waals surface area contributed by atoms with E-state index in [0.717, 1.165) is 25.3 Å². The van der Waals surface area contributed by atoms with Gasteiger partial charge in [-0.15, -0.1) is 0 Å². The Morgan fingerprint density at radius 1 is 1.00 bits per heavy atom. The first kappa shape index (κ1) is 22.7. The van der Waals surface area contributed by atoms with Crippen molar-refractivity contribution >= 4 is 16.9 Å². The van der Waals surface area contributed by atoms with Crippen LogP contribution in [0.1, 0.15) is 42.7 Å². The maximum Gasteiger partial charge on any atom is 0.223 e. The van der Waals surface area contributed by atoms with Gasteiger partial charge in [-0.05, 0) is 30.9 Å². The van der Waals surface area contributed by atoms with Crippen molar-refractivity contribution in [1.29, 1.82) is 0 Å². The zero-order valence-corrected chi connectivity index (χ0v) is 19.2. The maximum absolute atomic E-state index is 13.3. The van der Waals surface area contributed by atoms with Crippen molar-refractivity contribution < 1.29 is 19.4 Å². The Labute approximate surface area is 202 Å². The molecule has 5 rings (SSSR count). The van der Waals surface area contributed by atoms with Gasteiger partial charge in [-0.2, -0.15) is 0 Å². The molecule has 0 radical (unpaired) electrons. The Morgan fingerprint density at radius 2 is 1.77 bits per heavy atom. The summed E-state index contributed by atoms with van der Waals surface area (Å²) < 4.78 is 6.19. The van der Waals surface area contributed by atoms with Gasteiger partial charge in [-0.3, -0.25) is 14.6 Å². The van der Waals surface area contributed by atoms with E-state index in [9.17, 15) is 19.8 Å². The van der Waals surface area contributed by atoms with Crippen LogP contribution in [0.3, 0.4) is 0 Å². The molecule has 0 spiro atoms. The Morgan fingerprint density at radius 3 is 2.49 bits per heavy atom. The lowest BCUT2D eigenvalue weighted by Crippen LogP contribution is -2.36. The second-order valence-corrected chi connectivity index (χ2v) is 8.86. The van der Waals surface area contributed by atoms with Gasteiger partial charge in [0, 0.05) is 61.1 Å². The van der Waals surface area contributed by atoms with Crippen molar-refractivity contribution in [3.05, 3.63) is 88.3 Å². The number of aromatic nitrogens is 1. The molecule has 1 amide bonds. The first-order chi connectivity index (χ1) is 17.0. The highest BCUT2D eigenvalue weighted by atomic mass is 16.3. The molecule has 3 heterocycles. The Bertz CT molecular complexity index is 1410. The highest BCUT2D eigenvalue weighted by Gasteiger charge is 2.30. The molecule has 1 saturated heterocycles. The van der Waals surface area contributed by atoms with Gasteiger partial charge in [0.15, 0.2) is 5.43 Å². The molecule has 0 saturated carbocycles. The van der Waals surface area contributed by atoms with Crippen molar-refractivity contribution in [3.8, 4) is 22.8 Å². The molecule has 1 atom stereocenters. The van der Waals surface area contributed by atoms with E-state index in [4.69, 9.17) is 4.42 Å². The fraction of sp³-hybridized carbons (Fsp3) is 0.250. The number of aromatic hydroxyl groups is 2. The van der Waals surface area contributed by atoms with Crippen LogP contribution in [0, 0.1) is 0 Å². The predicted molar refractivity (Wildman–Crippen MR) is 132 cm³/mol. The average Bonchev–Trinajstić information content (AvgIpc) is 2.89. The van der Waals surface area contributed by atoms with Gasteiger partial charge in [-0.25, -0.2) is 0 Å². The predicted octanol–water partition coefficient (Wildman–Crippen LogP) is 4.80. The molecule has 2 aromatic heterocycles. The van der Waals surface area contributed by atoms with E-state index < -0.39 is 11.3 Å². The second-order valence-electron chi connectivity index (χ2n) is 8.86. The van der Waals surface area contributed by atoms with Gasteiger partial charge in [0.1, 0.15) is 28.2 Å². The van der Waals surface area contributed by atoms with Crippen LogP contribution in [0.15, 0.2) is 76.2 Å². The van der Waals surface area contributed by atoms with Gasteiger partial charge in [-0.1, -0.05) is 36.4 Å². The molecule has 2 N–H and O–H groups in total. The van der Waals surface area contributed by atoms with E-state index in [-0.39, 0.29) is 40.4 Å². The number of benzene rings is 2. The third-order valence-corrected chi connectivity index (χ3v) is 6.58. The lowest BCUT2D eigenvalue weighted by molar-refractivity contribution is -0.132.